The van der Waals surface area contributed by atoms with Crippen LogP contribution in [0.5, 0.6) is 0 Å². The molecule has 0 saturated carbocycles. The van der Waals surface area contributed by atoms with Gasteiger partial charge in [0.05, 0.1) is 25.0 Å². The van der Waals surface area contributed by atoms with Gasteiger partial charge in [-0.2, -0.15) is 0 Å². The first-order chi connectivity index (χ1) is 14.1. The fraction of sp³-hybridized carbons (Fsp3) is 0.158. The van der Waals surface area contributed by atoms with Gasteiger partial charge in [0.25, 0.3) is 12.4 Å². The van der Waals surface area contributed by atoms with Gasteiger partial charge in [0, 0.05) is 38.0 Å². The molecule has 4 rings (SSSR count). The van der Waals surface area contributed by atoms with Gasteiger partial charge in [0.2, 0.25) is 0 Å². The van der Waals surface area contributed by atoms with Crippen molar-refractivity contribution < 1.29 is 14.7 Å². The molecule has 10 nitrogen and oxygen atoms in total. The van der Waals surface area contributed by atoms with Crippen molar-refractivity contribution in [3.63, 3.8) is 0 Å². The van der Waals surface area contributed by atoms with Gasteiger partial charge in [-0.25, -0.2) is 15.0 Å². The Bertz CT molecular complexity index is 1110. The first-order valence-corrected chi connectivity index (χ1v) is 8.64. The minimum Gasteiger partial charge on any atom is -0.483 e. The van der Waals surface area contributed by atoms with E-state index < -0.39 is 0 Å². The molecule has 29 heavy (non-hydrogen) atoms. The highest BCUT2D eigenvalue weighted by Crippen LogP contribution is 2.14. The van der Waals surface area contributed by atoms with Gasteiger partial charge < -0.3 is 19.6 Å². The molecule has 2 N–H and O–H groups in total. The van der Waals surface area contributed by atoms with E-state index in [2.05, 4.69) is 25.3 Å². The number of amides is 1. The Morgan fingerprint density at radius 1 is 1.24 bits per heavy atom. The van der Waals surface area contributed by atoms with Crippen molar-refractivity contribution in [2.45, 2.75) is 13.1 Å². The molecule has 1 amide bonds. The van der Waals surface area contributed by atoms with E-state index in [-0.39, 0.29) is 12.4 Å². The third kappa shape index (κ3) is 4.80. The maximum atomic E-state index is 12.4. The van der Waals surface area contributed by atoms with E-state index >= 15 is 0 Å². The third-order valence-electron chi connectivity index (χ3n) is 4.12. The highest BCUT2D eigenvalue weighted by atomic mass is 16.3. The van der Waals surface area contributed by atoms with Crippen LogP contribution in [0.15, 0.2) is 55.5 Å². The van der Waals surface area contributed by atoms with Crippen molar-refractivity contribution in [2.75, 3.05) is 0 Å². The molecule has 0 fully saturated rings. The van der Waals surface area contributed by atoms with Crippen LogP contribution < -0.4 is 5.32 Å². The summed E-state index contributed by atoms with van der Waals surface area (Å²) in [6, 6.07) is 5.64. The summed E-state index contributed by atoms with van der Waals surface area (Å²) in [4.78, 5) is 37.8. The van der Waals surface area contributed by atoms with E-state index in [1.807, 2.05) is 40.7 Å². The molecule has 0 aliphatic rings. The fourth-order valence-corrected chi connectivity index (χ4v) is 2.71. The van der Waals surface area contributed by atoms with Gasteiger partial charge in [-0.3, -0.25) is 14.6 Å². The van der Waals surface area contributed by atoms with Gasteiger partial charge in [-0.05, 0) is 17.7 Å². The van der Waals surface area contributed by atoms with E-state index in [9.17, 15) is 4.79 Å². The smallest absolute Gasteiger partial charge is 0.290 e. The second-order valence-electron chi connectivity index (χ2n) is 6.04. The fourth-order valence-electron chi connectivity index (χ4n) is 2.71. The molecule has 0 radical (unpaired) electrons. The number of hydrogen-bond acceptors (Lipinski definition) is 6. The SMILES string of the molecule is Cn1ccnc1CNC(=O)c1cnc2c(c1)ncn2Cc1cccnc1.O=CO. The number of carbonyl (C=O) groups excluding carboxylic acids is 1. The monoisotopic (exact) mass is 393 g/mol. The molecule has 0 unspecified atom stereocenters. The molecule has 4 heterocycles. The summed E-state index contributed by atoms with van der Waals surface area (Å²) in [6.07, 6.45) is 10.4. The molecule has 0 aliphatic carbocycles. The van der Waals surface area contributed by atoms with Gasteiger partial charge >= 0.3 is 0 Å². The zero-order chi connectivity index (χ0) is 20.6. The number of aryl methyl sites for hydroxylation is 1. The number of fused-ring (bicyclic) bond motifs is 1. The quantitative estimate of drug-likeness (QED) is 0.488. The molecule has 0 spiro atoms. The Morgan fingerprint density at radius 2 is 2.07 bits per heavy atom. The van der Waals surface area contributed by atoms with Gasteiger partial charge in [-0.1, -0.05) is 6.07 Å². The van der Waals surface area contributed by atoms with Crippen molar-refractivity contribution in [2.24, 2.45) is 7.05 Å². The first-order valence-electron chi connectivity index (χ1n) is 8.64. The van der Waals surface area contributed by atoms with Gasteiger partial charge in [0.15, 0.2) is 5.65 Å². The topological polar surface area (TPSA) is 128 Å². The average molecular weight is 393 g/mol. The second kappa shape index (κ2) is 9.22. The van der Waals surface area contributed by atoms with E-state index in [0.29, 0.717) is 24.2 Å². The zero-order valence-corrected chi connectivity index (χ0v) is 15.6. The normalized spacial score (nSPS) is 10.2. The summed E-state index contributed by atoms with van der Waals surface area (Å²) in [5, 5.41) is 9.74. The Kier molecular flexibility index (Phi) is 6.25. The summed E-state index contributed by atoms with van der Waals surface area (Å²) in [5.74, 6) is 0.581. The lowest BCUT2D eigenvalue weighted by atomic mass is 10.2. The summed E-state index contributed by atoms with van der Waals surface area (Å²) < 4.78 is 3.80. The maximum Gasteiger partial charge on any atom is 0.290 e. The molecular weight excluding hydrogens is 374 g/mol. The van der Waals surface area contributed by atoms with Crippen LogP contribution in [0, 0.1) is 0 Å². The van der Waals surface area contributed by atoms with Crippen LogP contribution in [0.4, 0.5) is 0 Å². The molecular formula is C19H19N7O3. The summed E-state index contributed by atoms with van der Waals surface area (Å²) >= 11 is 0. The highest BCUT2D eigenvalue weighted by Gasteiger charge is 2.11. The Morgan fingerprint density at radius 3 is 2.76 bits per heavy atom. The molecule has 0 atom stereocenters. The molecule has 4 aromatic rings. The number of hydrogen-bond donors (Lipinski definition) is 2. The molecule has 10 heteroatoms. The lowest BCUT2D eigenvalue weighted by Gasteiger charge is -2.06. The highest BCUT2D eigenvalue weighted by molar-refractivity contribution is 5.96. The summed E-state index contributed by atoms with van der Waals surface area (Å²) in [5.41, 5.74) is 2.94. The van der Waals surface area contributed by atoms with Crippen molar-refractivity contribution in [1.82, 2.24) is 34.4 Å². The van der Waals surface area contributed by atoms with Gasteiger partial charge in [-0.15, -0.1) is 0 Å². The van der Waals surface area contributed by atoms with Crippen molar-refractivity contribution in [1.29, 1.82) is 0 Å². The molecule has 0 bridgehead atoms. The molecule has 148 valence electrons. The van der Waals surface area contributed by atoms with Crippen molar-refractivity contribution >= 4 is 23.5 Å². The average Bonchev–Trinajstić information content (AvgIpc) is 3.33. The minimum absolute atomic E-state index is 0.204. The molecule has 4 aromatic heterocycles. The van der Waals surface area contributed by atoms with E-state index in [1.165, 1.54) is 0 Å². The van der Waals surface area contributed by atoms with Crippen LogP contribution in [0.25, 0.3) is 11.2 Å². The third-order valence-corrected chi connectivity index (χ3v) is 4.12. The number of carbonyl (C=O) groups is 2. The predicted molar refractivity (Wildman–Crippen MR) is 104 cm³/mol. The van der Waals surface area contributed by atoms with E-state index in [0.717, 1.165) is 17.0 Å². The van der Waals surface area contributed by atoms with Crippen LogP contribution in [-0.2, 0) is 24.9 Å². The molecule has 0 aliphatic heterocycles. The van der Waals surface area contributed by atoms with Crippen LogP contribution in [-0.4, -0.2) is 46.6 Å². The molecule has 0 aromatic carbocycles. The number of rotatable bonds is 5. The predicted octanol–water partition coefficient (Wildman–Crippen LogP) is 1.24. The van der Waals surface area contributed by atoms with Crippen molar-refractivity contribution in [3.8, 4) is 0 Å². The van der Waals surface area contributed by atoms with Crippen LogP contribution in [0.1, 0.15) is 21.7 Å². The number of nitrogens with one attached hydrogen (secondary N) is 1. The van der Waals surface area contributed by atoms with E-state index in [4.69, 9.17) is 9.90 Å². The maximum absolute atomic E-state index is 12.4. The number of nitrogens with zero attached hydrogens (tertiary/aromatic N) is 6. The zero-order valence-electron chi connectivity index (χ0n) is 15.6. The Labute approximate surface area is 165 Å². The number of pyridine rings is 2. The largest absolute Gasteiger partial charge is 0.483 e. The molecule has 0 saturated heterocycles. The summed E-state index contributed by atoms with van der Waals surface area (Å²) in [6.45, 7) is 0.734. The lowest BCUT2D eigenvalue weighted by molar-refractivity contribution is -0.122. The second-order valence-corrected chi connectivity index (χ2v) is 6.04. The van der Waals surface area contributed by atoms with Crippen LogP contribution in [0.3, 0.4) is 0 Å². The standard InChI is InChI=1S/C18H17N7O.CH2O2/c1-24-6-5-20-16(24)10-22-18(26)14-7-15-17(21-9-14)25(12-23-15)11-13-3-2-4-19-8-13;2-1-3/h2-9,12H,10-11H2,1H3,(H,22,26);1H,(H,2,3). The van der Waals surface area contributed by atoms with Crippen molar-refractivity contribution in [3.05, 3.63) is 72.5 Å². The Hall–Kier alpha value is -4.08. The van der Waals surface area contributed by atoms with Crippen LogP contribution in [0.2, 0.25) is 0 Å². The first kappa shape index (κ1) is 19.7. The number of imidazole rings is 2. The summed E-state index contributed by atoms with van der Waals surface area (Å²) in [7, 11) is 1.89. The van der Waals surface area contributed by atoms with Crippen LogP contribution >= 0.6 is 0 Å². The van der Waals surface area contributed by atoms with Gasteiger partial charge in [0.1, 0.15) is 11.3 Å². The lowest BCUT2D eigenvalue weighted by Crippen LogP contribution is -2.24. The Balaban J connectivity index is 0.000000755. The number of carboxylic acid groups (broad SMARTS) is 1. The number of aromatic nitrogens is 6. The minimum atomic E-state index is -0.250. The van der Waals surface area contributed by atoms with E-state index in [1.54, 1.807) is 31.0 Å².